The van der Waals surface area contributed by atoms with Gasteiger partial charge in [0.25, 0.3) is 11.5 Å². The molecule has 0 saturated carbocycles. The average Bonchev–Trinajstić information content (AvgIpc) is 3.30. The van der Waals surface area contributed by atoms with Crippen LogP contribution in [-0.2, 0) is 11.3 Å². The molecule has 1 aliphatic heterocycles. The molecule has 1 N–H and O–H groups in total. The van der Waals surface area contributed by atoms with Gasteiger partial charge in [-0.15, -0.1) is 0 Å². The molecule has 1 amide bonds. The summed E-state index contributed by atoms with van der Waals surface area (Å²) in [7, 11) is 0. The minimum absolute atomic E-state index is 0.0538. The number of rotatable bonds is 6. The maximum Gasteiger partial charge on any atom is 0.352 e. The molecule has 2 aromatic carbocycles. The van der Waals surface area contributed by atoms with Gasteiger partial charge in [0.15, 0.2) is 0 Å². The lowest BCUT2D eigenvalue weighted by Gasteiger charge is -2.14. The average molecular weight is 438 g/mol. The summed E-state index contributed by atoms with van der Waals surface area (Å²) in [6.07, 6.45) is 1.60. The summed E-state index contributed by atoms with van der Waals surface area (Å²) in [5.41, 5.74) is -0.176. The number of carbonyl (C=O) groups is 1. The molecular weight excluding hydrogens is 415 g/mol. The molecule has 0 unspecified atom stereocenters. The molecule has 8 nitrogen and oxygen atoms in total. The number of nitrogens with zero attached hydrogens (tertiary/aromatic N) is 3. The molecule has 1 aromatic heterocycles. The summed E-state index contributed by atoms with van der Waals surface area (Å²) in [5, 5.41) is 6.66. The summed E-state index contributed by atoms with van der Waals surface area (Å²) in [5.74, 6) is -1.29. The number of benzene rings is 2. The highest BCUT2D eigenvalue weighted by Gasteiger charge is 2.22. The molecular formula is C23H23FN4O4. The van der Waals surface area contributed by atoms with Gasteiger partial charge in [0.2, 0.25) is 5.69 Å². The van der Waals surface area contributed by atoms with Crippen LogP contribution in [0, 0.1) is 12.7 Å². The van der Waals surface area contributed by atoms with Crippen LogP contribution in [0.1, 0.15) is 34.5 Å². The van der Waals surface area contributed by atoms with E-state index in [1.54, 1.807) is 12.1 Å². The summed E-state index contributed by atoms with van der Waals surface area (Å²) in [6.45, 7) is 2.74. The number of carbonyl (C=O) groups excluding carboxylic acids is 1. The minimum Gasteiger partial charge on any atom is -0.376 e. The highest BCUT2D eigenvalue weighted by atomic mass is 19.1. The van der Waals surface area contributed by atoms with E-state index in [9.17, 15) is 18.8 Å². The number of hydrogen-bond acceptors (Lipinski definition) is 5. The zero-order valence-electron chi connectivity index (χ0n) is 17.6. The Morgan fingerprint density at radius 3 is 2.69 bits per heavy atom. The van der Waals surface area contributed by atoms with Crippen LogP contribution in [-0.4, -0.2) is 39.5 Å². The molecule has 1 saturated heterocycles. The van der Waals surface area contributed by atoms with E-state index < -0.39 is 28.7 Å². The molecule has 2 heterocycles. The summed E-state index contributed by atoms with van der Waals surface area (Å²) >= 11 is 0. The van der Waals surface area contributed by atoms with Gasteiger partial charge in [-0.3, -0.25) is 14.2 Å². The molecule has 9 heteroatoms. The van der Waals surface area contributed by atoms with Crippen LogP contribution in [0.5, 0.6) is 0 Å². The molecule has 3 aromatic rings. The van der Waals surface area contributed by atoms with Crippen molar-refractivity contribution >= 4 is 5.91 Å². The fourth-order valence-corrected chi connectivity index (χ4v) is 3.54. The van der Waals surface area contributed by atoms with Crippen molar-refractivity contribution in [3.05, 3.63) is 92.0 Å². The van der Waals surface area contributed by atoms with Crippen LogP contribution >= 0.6 is 0 Å². The molecule has 4 rings (SSSR count). The normalized spacial score (nSPS) is 15.6. The van der Waals surface area contributed by atoms with Crippen LogP contribution in [0.3, 0.4) is 0 Å². The van der Waals surface area contributed by atoms with Crippen molar-refractivity contribution in [2.75, 3.05) is 13.2 Å². The smallest absolute Gasteiger partial charge is 0.352 e. The lowest BCUT2D eigenvalue weighted by molar-refractivity contribution is 0.0849. The number of ether oxygens (including phenoxy) is 1. The Labute approximate surface area is 183 Å². The first-order valence-electron chi connectivity index (χ1n) is 10.4. The predicted octanol–water partition coefficient (Wildman–Crippen LogP) is 1.80. The first-order valence-corrected chi connectivity index (χ1v) is 10.4. The van der Waals surface area contributed by atoms with Crippen LogP contribution in [0.25, 0.3) is 5.69 Å². The second kappa shape index (κ2) is 9.27. The third-order valence-corrected chi connectivity index (χ3v) is 5.30. The Balaban J connectivity index is 1.76. The van der Waals surface area contributed by atoms with Crippen molar-refractivity contribution in [2.24, 2.45) is 0 Å². The molecule has 32 heavy (non-hydrogen) atoms. The lowest BCUT2D eigenvalue weighted by atomic mass is 10.1. The minimum atomic E-state index is -0.812. The van der Waals surface area contributed by atoms with Gasteiger partial charge in [0.1, 0.15) is 5.82 Å². The Bertz CT molecular complexity index is 1240. The zero-order valence-corrected chi connectivity index (χ0v) is 17.6. The summed E-state index contributed by atoms with van der Waals surface area (Å²) < 4.78 is 21.1. The predicted molar refractivity (Wildman–Crippen MR) is 116 cm³/mol. The van der Waals surface area contributed by atoms with Crippen molar-refractivity contribution in [1.29, 1.82) is 0 Å². The molecule has 0 aliphatic carbocycles. The van der Waals surface area contributed by atoms with Crippen molar-refractivity contribution in [3.63, 3.8) is 0 Å². The van der Waals surface area contributed by atoms with Gasteiger partial charge < -0.3 is 10.1 Å². The van der Waals surface area contributed by atoms with E-state index >= 15 is 0 Å². The van der Waals surface area contributed by atoms with Crippen LogP contribution in [0.4, 0.5) is 4.39 Å². The maximum absolute atomic E-state index is 13.8. The number of hydrogen-bond donors (Lipinski definition) is 1. The Hall–Kier alpha value is -3.59. The molecule has 1 atom stereocenters. The van der Waals surface area contributed by atoms with Gasteiger partial charge in [0, 0.05) is 13.2 Å². The number of nitrogens with one attached hydrogen (secondary N) is 1. The van der Waals surface area contributed by atoms with E-state index in [2.05, 4.69) is 10.4 Å². The van der Waals surface area contributed by atoms with Crippen LogP contribution < -0.4 is 16.6 Å². The number of aromatic nitrogens is 3. The molecule has 0 radical (unpaired) electrons. The topological polar surface area (TPSA) is 95.2 Å². The quantitative estimate of drug-likeness (QED) is 0.633. The molecule has 1 aliphatic rings. The summed E-state index contributed by atoms with van der Waals surface area (Å²) in [6, 6.07) is 12.6. The van der Waals surface area contributed by atoms with Crippen LogP contribution in [0.15, 0.2) is 58.1 Å². The zero-order chi connectivity index (χ0) is 22.7. The maximum atomic E-state index is 13.8. The molecule has 166 valence electrons. The van der Waals surface area contributed by atoms with E-state index in [0.29, 0.717) is 12.2 Å². The second-order valence-corrected chi connectivity index (χ2v) is 7.74. The van der Waals surface area contributed by atoms with Gasteiger partial charge >= 0.3 is 5.69 Å². The Morgan fingerprint density at radius 1 is 1.22 bits per heavy atom. The van der Waals surface area contributed by atoms with E-state index in [0.717, 1.165) is 33.7 Å². The fraction of sp³-hybridized carbons (Fsp3) is 0.304. The van der Waals surface area contributed by atoms with Gasteiger partial charge in [-0.2, -0.15) is 9.78 Å². The van der Waals surface area contributed by atoms with E-state index in [1.807, 2.05) is 19.1 Å². The van der Waals surface area contributed by atoms with Crippen LogP contribution in [0.2, 0.25) is 0 Å². The fourth-order valence-electron chi connectivity index (χ4n) is 3.54. The number of aryl methyl sites for hydroxylation is 1. The van der Waals surface area contributed by atoms with E-state index in [1.165, 1.54) is 18.2 Å². The van der Waals surface area contributed by atoms with E-state index in [-0.39, 0.29) is 24.9 Å². The standard InChI is InChI=1S/C23H23FN4O4/c1-15-7-9-16(10-8-15)14-27-22(30)20(21(29)25-13-19-6-3-11-32-19)26-28(23(27)31)18-5-2-4-17(24)12-18/h2,4-5,7-10,12,19H,3,6,11,13-14H2,1H3,(H,25,29)/t19-/m1/s1. The van der Waals surface area contributed by atoms with Gasteiger partial charge in [-0.1, -0.05) is 35.9 Å². The van der Waals surface area contributed by atoms with Crippen molar-refractivity contribution in [2.45, 2.75) is 32.4 Å². The molecule has 1 fully saturated rings. The van der Waals surface area contributed by atoms with Crippen molar-refractivity contribution in [3.8, 4) is 5.69 Å². The SMILES string of the molecule is Cc1ccc(Cn2c(=O)c(C(=O)NC[C@H]3CCCO3)nn(-c3cccc(F)c3)c2=O)cc1. The third-order valence-electron chi connectivity index (χ3n) is 5.30. The second-order valence-electron chi connectivity index (χ2n) is 7.74. The Morgan fingerprint density at radius 2 is 2.00 bits per heavy atom. The van der Waals surface area contributed by atoms with Crippen molar-refractivity contribution in [1.82, 2.24) is 19.7 Å². The van der Waals surface area contributed by atoms with Crippen molar-refractivity contribution < 1.29 is 13.9 Å². The summed E-state index contributed by atoms with van der Waals surface area (Å²) in [4.78, 5) is 39.0. The molecule has 0 bridgehead atoms. The largest absolute Gasteiger partial charge is 0.376 e. The van der Waals surface area contributed by atoms with Gasteiger partial charge in [-0.25, -0.2) is 9.18 Å². The number of amides is 1. The number of halogens is 1. The van der Waals surface area contributed by atoms with E-state index in [4.69, 9.17) is 4.74 Å². The molecule has 0 spiro atoms. The van der Waals surface area contributed by atoms with Gasteiger partial charge in [0.05, 0.1) is 18.3 Å². The van der Waals surface area contributed by atoms with Gasteiger partial charge in [-0.05, 0) is 43.5 Å². The first kappa shape index (κ1) is 21.6. The first-order chi connectivity index (χ1) is 15.4. The third kappa shape index (κ3) is 4.67. The highest BCUT2D eigenvalue weighted by Crippen LogP contribution is 2.11. The monoisotopic (exact) mass is 438 g/mol. The highest BCUT2D eigenvalue weighted by molar-refractivity contribution is 5.91. The lowest BCUT2D eigenvalue weighted by Crippen LogP contribution is -2.46. The Kier molecular flexibility index (Phi) is 6.27.